The molecule has 0 aliphatic rings. The number of carbonyl (C=O) groups excluding carboxylic acids is 1. The number of amides is 1. The summed E-state index contributed by atoms with van der Waals surface area (Å²) in [6.45, 7) is 0.861. The molecular weight excluding hydrogens is 400 g/mol. The van der Waals surface area contributed by atoms with Crippen LogP contribution in [0.4, 0.5) is 20.2 Å². The number of nitrogens with two attached hydrogens (primary N) is 1. The number of anilines is 1. The second kappa shape index (κ2) is 9.86. The minimum atomic E-state index is -3.15. The molecule has 0 aromatic heterocycles. The average molecular weight is 423 g/mol. The maximum atomic E-state index is 12.7. The van der Waals surface area contributed by atoms with Gasteiger partial charge in [-0.25, -0.2) is 0 Å². The number of benzene rings is 2. The van der Waals surface area contributed by atoms with E-state index in [2.05, 4.69) is 4.74 Å². The van der Waals surface area contributed by atoms with Crippen molar-refractivity contribution < 1.29 is 28.0 Å². The van der Waals surface area contributed by atoms with Crippen molar-refractivity contribution in [2.24, 2.45) is 5.73 Å². The molecule has 10 heteroatoms. The fourth-order valence-corrected chi connectivity index (χ4v) is 2.96. The van der Waals surface area contributed by atoms with Crippen molar-refractivity contribution in [2.45, 2.75) is 39.5 Å². The zero-order valence-corrected chi connectivity index (χ0v) is 16.8. The van der Waals surface area contributed by atoms with E-state index in [9.17, 15) is 23.7 Å². The van der Waals surface area contributed by atoms with Crippen molar-refractivity contribution in [1.29, 1.82) is 0 Å². The van der Waals surface area contributed by atoms with E-state index in [0.717, 1.165) is 18.2 Å². The Morgan fingerprint density at radius 2 is 1.87 bits per heavy atom. The quantitative estimate of drug-likeness (QED) is 0.455. The van der Waals surface area contributed by atoms with Crippen LogP contribution in [0.5, 0.6) is 11.5 Å². The molecule has 0 fully saturated rings. The maximum absolute atomic E-state index is 12.7. The van der Waals surface area contributed by atoms with Crippen molar-refractivity contribution >= 4 is 17.3 Å². The highest BCUT2D eigenvalue weighted by molar-refractivity contribution is 5.93. The van der Waals surface area contributed by atoms with Gasteiger partial charge < -0.3 is 20.1 Å². The van der Waals surface area contributed by atoms with Crippen molar-refractivity contribution in [1.82, 2.24) is 0 Å². The first kappa shape index (κ1) is 22.9. The van der Waals surface area contributed by atoms with Crippen molar-refractivity contribution in [3.63, 3.8) is 0 Å². The summed E-state index contributed by atoms with van der Waals surface area (Å²) in [5.74, 6) is -1.01. The van der Waals surface area contributed by atoms with Crippen LogP contribution in [0.1, 0.15) is 36.2 Å². The first-order chi connectivity index (χ1) is 14.2. The van der Waals surface area contributed by atoms with Crippen LogP contribution in [-0.2, 0) is 6.54 Å². The predicted molar refractivity (Wildman–Crippen MR) is 107 cm³/mol. The molecule has 2 aromatic rings. The van der Waals surface area contributed by atoms with Crippen LogP contribution in [0.2, 0.25) is 0 Å². The zero-order chi connectivity index (χ0) is 22.4. The van der Waals surface area contributed by atoms with Crippen LogP contribution in [0.25, 0.3) is 0 Å². The van der Waals surface area contributed by atoms with Crippen LogP contribution < -0.4 is 20.1 Å². The molecule has 0 radical (unpaired) electrons. The number of methoxy groups -OCH3 is 1. The summed E-state index contributed by atoms with van der Waals surface area (Å²) in [6, 6.07) is 8.78. The highest BCUT2D eigenvalue weighted by Gasteiger charge is 2.25. The molecule has 0 bridgehead atoms. The molecule has 1 amide bonds. The molecule has 0 saturated heterocycles. The van der Waals surface area contributed by atoms with Gasteiger partial charge in [0.2, 0.25) is 5.91 Å². The number of hydrogen-bond acceptors (Lipinski definition) is 6. The number of carbonyl (C=O) groups is 1. The van der Waals surface area contributed by atoms with E-state index in [1.54, 1.807) is 24.3 Å². The molecular formula is C20H23F2N3O5. The fraction of sp³-hybridized carbons (Fsp3) is 0.350. The first-order valence-electron chi connectivity index (χ1n) is 9.14. The summed E-state index contributed by atoms with van der Waals surface area (Å²) in [6.07, 6.45) is 0.731. The minimum absolute atomic E-state index is 0.0213. The monoisotopic (exact) mass is 423 g/mol. The molecule has 8 nitrogen and oxygen atoms in total. The summed E-state index contributed by atoms with van der Waals surface area (Å²) >= 11 is 0. The Morgan fingerprint density at radius 3 is 2.33 bits per heavy atom. The lowest BCUT2D eigenvalue weighted by Gasteiger charge is -2.31. The summed E-state index contributed by atoms with van der Waals surface area (Å²) < 4.78 is 34.8. The van der Waals surface area contributed by atoms with E-state index in [1.165, 1.54) is 13.2 Å². The van der Waals surface area contributed by atoms with Crippen LogP contribution in [0.3, 0.4) is 0 Å². The van der Waals surface area contributed by atoms with Crippen LogP contribution in [0.15, 0.2) is 36.4 Å². The van der Waals surface area contributed by atoms with Gasteiger partial charge in [-0.1, -0.05) is 6.92 Å². The third kappa shape index (κ3) is 5.34. The van der Waals surface area contributed by atoms with E-state index in [4.69, 9.17) is 10.5 Å². The van der Waals surface area contributed by atoms with Gasteiger partial charge in [-0.15, -0.1) is 0 Å². The third-order valence-electron chi connectivity index (χ3n) is 4.72. The van der Waals surface area contributed by atoms with Gasteiger partial charge in [0.15, 0.2) is 11.5 Å². The Labute approximate surface area is 172 Å². The van der Waals surface area contributed by atoms with E-state index < -0.39 is 23.2 Å². The number of alkyl halides is 2. The van der Waals surface area contributed by atoms with Gasteiger partial charge in [0, 0.05) is 17.3 Å². The summed E-state index contributed by atoms with van der Waals surface area (Å²) in [5.41, 5.74) is 6.23. The van der Waals surface area contributed by atoms with Gasteiger partial charge in [-0.2, -0.15) is 8.78 Å². The predicted octanol–water partition coefficient (Wildman–Crippen LogP) is 4.11. The molecule has 0 aliphatic carbocycles. The summed E-state index contributed by atoms with van der Waals surface area (Å²) in [5, 5.41) is 11.6. The Morgan fingerprint density at radius 1 is 1.23 bits per heavy atom. The van der Waals surface area contributed by atoms with E-state index in [0.29, 0.717) is 5.56 Å². The minimum Gasteiger partial charge on any atom is -0.493 e. The zero-order valence-electron chi connectivity index (χ0n) is 16.8. The molecule has 2 rings (SSSR count). The molecule has 2 N–H and O–H groups in total. The van der Waals surface area contributed by atoms with Gasteiger partial charge in [-0.3, -0.25) is 14.9 Å². The van der Waals surface area contributed by atoms with Crippen LogP contribution in [0, 0.1) is 10.1 Å². The summed E-state index contributed by atoms with van der Waals surface area (Å²) in [4.78, 5) is 24.2. The number of nitro benzene ring substituents is 1. The topological polar surface area (TPSA) is 108 Å². The van der Waals surface area contributed by atoms with Crippen molar-refractivity contribution in [3.05, 3.63) is 57.6 Å². The van der Waals surface area contributed by atoms with Crippen molar-refractivity contribution in [2.75, 3.05) is 12.0 Å². The second-order valence-electron chi connectivity index (χ2n) is 6.56. The Bertz CT molecular complexity index is 906. The average Bonchev–Trinajstić information content (AvgIpc) is 2.71. The van der Waals surface area contributed by atoms with Gasteiger partial charge in [0.1, 0.15) is 0 Å². The SMILES string of the molecule is CC[C@@H](C)N(Cc1cc(OC)c(OC(F)F)cc1[N+](=O)[O-])c1ccc(C(N)=O)cc1. The number of nitrogens with zero attached hydrogens (tertiary/aromatic N) is 2. The molecule has 0 unspecified atom stereocenters. The number of nitro groups is 1. The van der Waals surface area contributed by atoms with Gasteiger partial charge >= 0.3 is 6.61 Å². The smallest absolute Gasteiger partial charge is 0.387 e. The lowest BCUT2D eigenvalue weighted by atomic mass is 10.1. The number of ether oxygens (including phenoxy) is 2. The van der Waals surface area contributed by atoms with E-state index >= 15 is 0 Å². The number of halogens is 2. The van der Waals surface area contributed by atoms with Gasteiger partial charge in [0.05, 0.1) is 30.2 Å². The first-order valence-corrected chi connectivity index (χ1v) is 9.14. The second-order valence-corrected chi connectivity index (χ2v) is 6.56. The highest BCUT2D eigenvalue weighted by atomic mass is 19.3. The Balaban J connectivity index is 2.50. The number of hydrogen-bond donors (Lipinski definition) is 1. The van der Waals surface area contributed by atoms with E-state index in [-0.39, 0.29) is 29.6 Å². The lowest BCUT2D eigenvalue weighted by molar-refractivity contribution is -0.385. The Kier molecular flexibility index (Phi) is 7.51. The number of rotatable bonds is 10. The Hall–Kier alpha value is -3.43. The molecule has 0 aliphatic heterocycles. The summed E-state index contributed by atoms with van der Waals surface area (Å²) in [7, 11) is 1.26. The van der Waals surface area contributed by atoms with Crippen LogP contribution in [-0.4, -0.2) is 30.6 Å². The van der Waals surface area contributed by atoms with Crippen molar-refractivity contribution in [3.8, 4) is 11.5 Å². The molecule has 1 atom stereocenters. The standard InChI is InChI=1S/C20H23F2N3O5/c1-4-12(2)24(15-7-5-13(6-8-15)19(23)26)11-14-9-17(29-3)18(30-20(21)22)10-16(14)25(27)28/h5-10,12,20H,4,11H2,1-3H3,(H2,23,26)/t12-/m1/s1. The lowest BCUT2D eigenvalue weighted by Crippen LogP contribution is -2.32. The van der Waals surface area contributed by atoms with Gasteiger partial charge in [-0.05, 0) is 43.7 Å². The largest absolute Gasteiger partial charge is 0.493 e. The molecule has 0 saturated carbocycles. The van der Waals surface area contributed by atoms with Gasteiger partial charge in [0.25, 0.3) is 5.69 Å². The fourth-order valence-electron chi connectivity index (χ4n) is 2.96. The highest BCUT2D eigenvalue weighted by Crippen LogP contribution is 2.37. The molecule has 2 aromatic carbocycles. The maximum Gasteiger partial charge on any atom is 0.387 e. The number of primary amides is 1. The molecule has 162 valence electrons. The van der Waals surface area contributed by atoms with Crippen LogP contribution >= 0.6 is 0 Å². The van der Waals surface area contributed by atoms with E-state index in [1.807, 2.05) is 18.7 Å². The molecule has 0 spiro atoms. The molecule has 30 heavy (non-hydrogen) atoms. The third-order valence-corrected chi connectivity index (χ3v) is 4.72. The molecule has 0 heterocycles. The normalized spacial score (nSPS) is 11.8.